The van der Waals surface area contributed by atoms with Gasteiger partial charge in [0, 0.05) is 25.9 Å². The van der Waals surface area contributed by atoms with Crippen LogP contribution in [0, 0.1) is 0 Å². The summed E-state index contributed by atoms with van der Waals surface area (Å²) >= 11 is 0. The van der Waals surface area contributed by atoms with Gasteiger partial charge >= 0.3 is 6.09 Å². The van der Waals surface area contributed by atoms with Crippen molar-refractivity contribution in [2.75, 3.05) is 20.2 Å². The van der Waals surface area contributed by atoms with Gasteiger partial charge in [0.25, 0.3) is 0 Å². The normalized spacial score (nSPS) is 19.7. The molecule has 0 aromatic heterocycles. The molecule has 1 fully saturated rings. The molecule has 4 atom stereocenters. The van der Waals surface area contributed by atoms with Crippen LogP contribution in [0.1, 0.15) is 64.2 Å². The third-order valence-electron chi connectivity index (χ3n) is 11.9. The van der Waals surface area contributed by atoms with Crippen molar-refractivity contribution in [2.45, 2.75) is 114 Å². The molecule has 3 aromatic rings. The number of nitrogens with zero attached hydrogens (tertiary/aromatic N) is 1. The Balaban J connectivity index is 1.45. The lowest BCUT2D eigenvalue weighted by Gasteiger charge is -2.43. The van der Waals surface area contributed by atoms with Crippen LogP contribution in [0.5, 0.6) is 0 Å². The van der Waals surface area contributed by atoms with Crippen LogP contribution in [0.15, 0.2) is 78.9 Å². The molecule has 2 aliphatic rings. The molecule has 1 aliphatic carbocycles. The number of rotatable bonds is 11. The first-order valence-electron chi connectivity index (χ1n) is 18.8. The van der Waals surface area contributed by atoms with Crippen LogP contribution in [-0.2, 0) is 29.6 Å². The van der Waals surface area contributed by atoms with E-state index in [-0.39, 0.29) is 47.4 Å². The van der Waals surface area contributed by atoms with Crippen LogP contribution in [0.4, 0.5) is 4.79 Å². The van der Waals surface area contributed by atoms with Crippen LogP contribution in [0.25, 0.3) is 11.1 Å². The van der Waals surface area contributed by atoms with Gasteiger partial charge < -0.3 is 29.1 Å². The molecule has 286 valence electrons. The molecule has 3 amide bonds. The number of likely N-dealkylation sites (N-methyl/N-ethyl adjacent to an activating group) is 1. The highest BCUT2D eigenvalue weighted by Gasteiger charge is 2.55. The van der Waals surface area contributed by atoms with Crippen molar-refractivity contribution in [2.24, 2.45) is 0 Å². The van der Waals surface area contributed by atoms with Gasteiger partial charge in [-0.2, -0.15) is 0 Å². The lowest BCUT2D eigenvalue weighted by atomic mass is 9.98. The highest BCUT2D eigenvalue weighted by Crippen LogP contribution is 2.45. The molecule has 0 spiro atoms. The van der Waals surface area contributed by atoms with Crippen LogP contribution in [0.2, 0.25) is 36.3 Å². The molecule has 0 radical (unpaired) electrons. The molecule has 1 aliphatic heterocycles. The van der Waals surface area contributed by atoms with Crippen molar-refractivity contribution in [3.63, 3.8) is 0 Å². The van der Waals surface area contributed by atoms with E-state index in [9.17, 15) is 14.4 Å². The number of amides is 3. The number of hydrogen-bond acceptors (Lipinski definition) is 6. The fourth-order valence-electron chi connectivity index (χ4n) is 6.81. The van der Waals surface area contributed by atoms with E-state index in [0.29, 0.717) is 0 Å². The number of carbonyl (C=O) groups excluding carboxylic acids is 3. The lowest BCUT2D eigenvalue weighted by Crippen LogP contribution is -2.58. The Hall–Kier alpha value is -3.78. The van der Waals surface area contributed by atoms with Gasteiger partial charge in [0.1, 0.15) is 24.8 Å². The summed E-state index contributed by atoms with van der Waals surface area (Å²) in [6.45, 7) is 21.9. The van der Waals surface area contributed by atoms with Crippen LogP contribution in [-0.4, -0.2) is 83.9 Å². The van der Waals surface area contributed by atoms with Gasteiger partial charge in [-0.15, -0.1) is 0 Å². The fourth-order valence-corrected chi connectivity index (χ4v) is 9.44. The molecular weight excluding hydrogens is 699 g/mol. The zero-order valence-electron chi connectivity index (χ0n) is 33.4. The van der Waals surface area contributed by atoms with E-state index in [1.165, 1.54) is 0 Å². The zero-order chi connectivity index (χ0) is 38.9. The Morgan fingerprint density at radius 3 is 1.81 bits per heavy atom. The molecule has 9 nitrogen and oxygen atoms in total. The SMILES string of the molecule is CNC(=O)[C@@H]1[C@H](O[Si](C)(C)C(C)(C)C)[C@@H](O[Si](C)(C)C(C)(C)C)CN1C(=O)[C@H](Cc1ccccc1)NC(=O)OCC1c2ccccc2-c2ccccc21. The molecule has 1 saturated heterocycles. The average molecular weight is 758 g/mol. The third kappa shape index (κ3) is 8.64. The first-order valence-corrected chi connectivity index (χ1v) is 24.6. The third-order valence-corrected chi connectivity index (χ3v) is 20.9. The highest BCUT2D eigenvalue weighted by molar-refractivity contribution is 6.74. The number of ether oxygens (including phenoxy) is 1. The minimum atomic E-state index is -2.46. The largest absolute Gasteiger partial charge is 0.449 e. The molecule has 11 heteroatoms. The van der Waals surface area contributed by atoms with Crippen LogP contribution in [0.3, 0.4) is 0 Å². The Labute approximate surface area is 318 Å². The van der Waals surface area contributed by atoms with Gasteiger partial charge in [0.2, 0.25) is 11.8 Å². The first kappa shape index (κ1) is 40.4. The summed E-state index contributed by atoms with van der Waals surface area (Å²) in [5.74, 6) is -0.849. The Morgan fingerprint density at radius 1 is 0.774 bits per heavy atom. The number of hydrogen-bond donors (Lipinski definition) is 2. The maximum Gasteiger partial charge on any atom is 0.407 e. The van der Waals surface area contributed by atoms with Crippen molar-refractivity contribution in [3.05, 3.63) is 95.6 Å². The van der Waals surface area contributed by atoms with Crippen LogP contribution < -0.4 is 10.6 Å². The zero-order valence-corrected chi connectivity index (χ0v) is 35.4. The van der Waals surface area contributed by atoms with Gasteiger partial charge in [-0.3, -0.25) is 9.59 Å². The maximum atomic E-state index is 14.9. The monoisotopic (exact) mass is 757 g/mol. The molecule has 1 heterocycles. The second kappa shape index (κ2) is 15.5. The number of fused-ring (bicyclic) bond motifs is 3. The van der Waals surface area contributed by atoms with E-state index in [2.05, 4.69) is 103 Å². The Kier molecular flexibility index (Phi) is 11.8. The van der Waals surface area contributed by atoms with Crippen molar-refractivity contribution >= 4 is 34.5 Å². The molecule has 0 unspecified atom stereocenters. The molecule has 3 aromatic carbocycles. The molecule has 2 N–H and O–H groups in total. The fraction of sp³-hybridized carbons (Fsp3) is 0.500. The van der Waals surface area contributed by atoms with Gasteiger partial charge in [0.15, 0.2) is 16.6 Å². The molecule has 0 bridgehead atoms. The number of benzene rings is 3. The number of nitrogens with one attached hydrogen (secondary N) is 2. The predicted octanol–water partition coefficient (Wildman–Crippen LogP) is 7.87. The molecular formula is C42H59N3O6Si2. The quantitative estimate of drug-likeness (QED) is 0.193. The summed E-state index contributed by atoms with van der Waals surface area (Å²) in [6, 6.07) is 23.9. The molecule has 5 rings (SSSR count). The van der Waals surface area contributed by atoms with Crippen LogP contribution >= 0.6 is 0 Å². The second-order valence-electron chi connectivity index (χ2n) is 17.5. The summed E-state index contributed by atoms with van der Waals surface area (Å²) in [5, 5.41) is 5.45. The molecule has 0 saturated carbocycles. The van der Waals surface area contributed by atoms with Crippen molar-refractivity contribution in [1.82, 2.24) is 15.5 Å². The summed E-state index contributed by atoms with van der Waals surface area (Å²) in [5.41, 5.74) is 5.33. The molecule has 53 heavy (non-hydrogen) atoms. The standard InChI is InChI=1S/C42H59N3O6Si2/c1-41(2,3)52(8,9)50-35-26-45(36(38(46)43-7)37(35)51-53(10,11)42(4,5)6)39(47)34(25-28-19-13-12-14-20-28)44-40(48)49-27-33-31-23-17-15-21-29(31)30-22-16-18-24-32(30)33/h12-24,33-37H,25-27H2,1-11H3,(H,43,46)(H,44,48)/t34-,35-,36-,37+/m0/s1. The van der Waals surface area contributed by atoms with Crippen molar-refractivity contribution < 1.29 is 28.0 Å². The van der Waals surface area contributed by atoms with E-state index in [4.69, 9.17) is 13.6 Å². The Morgan fingerprint density at radius 2 is 1.28 bits per heavy atom. The van der Waals surface area contributed by atoms with Gasteiger partial charge in [-0.1, -0.05) is 120 Å². The van der Waals surface area contributed by atoms with Gasteiger partial charge in [0.05, 0.1) is 6.10 Å². The van der Waals surface area contributed by atoms with E-state index < -0.39 is 47.0 Å². The van der Waals surface area contributed by atoms with E-state index in [1.54, 1.807) is 11.9 Å². The summed E-state index contributed by atoms with van der Waals surface area (Å²) < 4.78 is 20.0. The second-order valence-corrected chi connectivity index (χ2v) is 27.0. The smallest absolute Gasteiger partial charge is 0.407 e. The number of alkyl carbamates (subject to hydrolysis) is 1. The summed E-state index contributed by atoms with van der Waals surface area (Å²) in [7, 11) is -3.27. The average Bonchev–Trinajstić information content (AvgIpc) is 3.60. The minimum absolute atomic E-state index is 0.113. The van der Waals surface area contributed by atoms with E-state index in [0.717, 1.165) is 27.8 Å². The first-order chi connectivity index (χ1) is 24.8. The summed E-state index contributed by atoms with van der Waals surface area (Å²) in [6.07, 6.45) is -1.72. The van der Waals surface area contributed by atoms with Gasteiger partial charge in [-0.05, 0) is 64.1 Å². The van der Waals surface area contributed by atoms with Gasteiger partial charge in [-0.25, -0.2) is 4.79 Å². The Bertz CT molecular complexity index is 1740. The topological polar surface area (TPSA) is 106 Å². The highest BCUT2D eigenvalue weighted by atomic mass is 28.4. The maximum absolute atomic E-state index is 14.9. The van der Waals surface area contributed by atoms with Crippen molar-refractivity contribution in [3.8, 4) is 11.1 Å². The number of likely N-dealkylation sites (tertiary alicyclic amines) is 1. The summed E-state index contributed by atoms with van der Waals surface area (Å²) in [4.78, 5) is 44.1. The van der Waals surface area contributed by atoms with E-state index >= 15 is 0 Å². The van der Waals surface area contributed by atoms with E-state index in [1.807, 2.05) is 54.6 Å². The lowest BCUT2D eigenvalue weighted by molar-refractivity contribution is -0.141. The van der Waals surface area contributed by atoms with Crippen molar-refractivity contribution in [1.29, 1.82) is 0 Å². The predicted molar refractivity (Wildman–Crippen MR) is 216 cm³/mol. The number of carbonyl (C=O) groups is 3. The minimum Gasteiger partial charge on any atom is -0.449 e.